The Bertz CT molecular complexity index is 1090. The van der Waals surface area contributed by atoms with Crippen LogP contribution in [0, 0.1) is 0 Å². The number of nitrogens with one attached hydrogen (secondary N) is 1. The van der Waals surface area contributed by atoms with Crippen molar-refractivity contribution < 1.29 is 14.3 Å². The molecule has 2 aromatic carbocycles. The minimum atomic E-state index is -0.0419. The molecule has 0 atom stereocenters. The van der Waals surface area contributed by atoms with Crippen LogP contribution in [-0.4, -0.2) is 78.3 Å². The van der Waals surface area contributed by atoms with Gasteiger partial charge in [0.25, 0.3) is 5.91 Å². The molecule has 1 fully saturated rings. The fraction of sp³-hybridized carbons (Fsp3) is 0.320. The zero-order chi connectivity index (χ0) is 23.2. The maximum Gasteiger partial charge on any atom is 0.257 e. The highest BCUT2D eigenvalue weighted by atomic mass is 16.5. The predicted octanol–water partition coefficient (Wildman–Crippen LogP) is 2.11. The van der Waals surface area contributed by atoms with Crippen molar-refractivity contribution >= 4 is 11.8 Å². The number of nitrogens with zero attached hydrogens (tertiary/aromatic N) is 4. The number of hydrogen-bond acceptors (Lipinski definition) is 5. The molecule has 1 aliphatic heterocycles. The highest BCUT2D eigenvalue weighted by Gasteiger charge is 2.27. The summed E-state index contributed by atoms with van der Waals surface area (Å²) in [5.41, 5.74) is 3.22. The van der Waals surface area contributed by atoms with E-state index in [2.05, 4.69) is 10.2 Å². The van der Waals surface area contributed by atoms with E-state index < -0.39 is 0 Å². The predicted molar refractivity (Wildman–Crippen MR) is 126 cm³/mol. The lowest BCUT2D eigenvalue weighted by Gasteiger charge is -2.34. The highest BCUT2D eigenvalue weighted by molar-refractivity contribution is 6.00. The van der Waals surface area contributed by atoms with Gasteiger partial charge in [0.05, 0.1) is 25.8 Å². The number of benzene rings is 2. The van der Waals surface area contributed by atoms with E-state index in [0.717, 1.165) is 16.9 Å². The van der Waals surface area contributed by atoms with E-state index in [-0.39, 0.29) is 11.8 Å². The fourth-order valence-electron chi connectivity index (χ4n) is 3.95. The van der Waals surface area contributed by atoms with Gasteiger partial charge in [-0.2, -0.15) is 5.10 Å². The van der Waals surface area contributed by atoms with Gasteiger partial charge in [-0.05, 0) is 29.8 Å². The number of hydrogen-bond donors (Lipinski definition) is 1. The number of rotatable bonds is 7. The third kappa shape index (κ3) is 5.40. The van der Waals surface area contributed by atoms with E-state index in [1.807, 2.05) is 70.4 Å². The standard InChI is InChI=1S/C25H29N5O3/c1-26-23(31)18-28-12-14-29(15-13-28)25(32)22-17-30(16-19-6-4-3-5-7-19)27-24(22)20-8-10-21(33-2)11-9-20/h3-11,17H,12-16,18H2,1-2H3,(H,26,31). The minimum Gasteiger partial charge on any atom is -0.497 e. The maximum atomic E-state index is 13.5. The van der Waals surface area contributed by atoms with Crippen LogP contribution in [0.25, 0.3) is 11.3 Å². The lowest BCUT2D eigenvalue weighted by atomic mass is 10.1. The first-order valence-corrected chi connectivity index (χ1v) is 11.1. The normalized spacial score (nSPS) is 14.2. The molecule has 3 aromatic rings. The topological polar surface area (TPSA) is 79.7 Å². The van der Waals surface area contributed by atoms with Gasteiger partial charge in [0.15, 0.2) is 0 Å². The summed E-state index contributed by atoms with van der Waals surface area (Å²) in [6.07, 6.45) is 1.84. The van der Waals surface area contributed by atoms with Crippen LogP contribution in [0.5, 0.6) is 5.75 Å². The van der Waals surface area contributed by atoms with Crippen LogP contribution in [0.2, 0.25) is 0 Å². The molecule has 172 valence electrons. The molecule has 2 amide bonds. The van der Waals surface area contributed by atoms with Crippen molar-refractivity contribution in [2.24, 2.45) is 0 Å². The first-order valence-electron chi connectivity index (χ1n) is 11.1. The zero-order valence-corrected chi connectivity index (χ0v) is 19.0. The lowest BCUT2D eigenvalue weighted by Crippen LogP contribution is -2.50. The Morgan fingerprint density at radius 1 is 1.00 bits per heavy atom. The molecule has 0 radical (unpaired) electrons. The monoisotopic (exact) mass is 447 g/mol. The molecule has 33 heavy (non-hydrogen) atoms. The van der Waals surface area contributed by atoms with Crippen molar-refractivity contribution in [2.45, 2.75) is 6.54 Å². The fourth-order valence-corrected chi connectivity index (χ4v) is 3.95. The first kappa shape index (κ1) is 22.5. The van der Waals surface area contributed by atoms with Gasteiger partial charge >= 0.3 is 0 Å². The molecular formula is C25H29N5O3. The Morgan fingerprint density at radius 2 is 1.70 bits per heavy atom. The number of piperazine rings is 1. The molecule has 1 aliphatic rings. The quantitative estimate of drug-likeness (QED) is 0.600. The van der Waals surface area contributed by atoms with Crippen LogP contribution >= 0.6 is 0 Å². The van der Waals surface area contributed by atoms with Gasteiger partial charge in [0.2, 0.25) is 5.91 Å². The number of carbonyl (C=O) groups is 2. The molecule has 2 heterocycles. The molecule has 1 aromatic heterocycles. The average Bonchev–Trinajstić information content (AvgIpc) is 3.28. The Kier molecular flexibility index (Phi) is 7.04. The van der Waals surface area contributed by atoms with Gasteiger partial charge in [-0.15, -0.1) is 0 Å². The molecule has 8 nitrogen and oxygen atoms in total. The van der Waals surface area contributed by atoms with Crippen LogP contribution in [-0.2, 0) is 11.3 Å². The van der Waals surface area contributed by atoms with Crippen LogP contribution in [0.15, 0.2) is 60.8 Å². The third-order valence-electron chi connectivity index (χ3n) is 5.85. The average molecular weight is 448 g/mol. The third-order valence-corrected chi connectivity index (χ3v) is 5.85. The summed E-state index contributed by atoms with van der Waals surface area (Å²) >= 11 is 0. The summed E-state index contributed by atoms with van der Waals surface area (Å²) in [5.74, 6) is 0.695. The van der Waals surface area contributed by atoms with Crippen LogP contribution in [0.3, 0.4) is 0 Å². The van der Waals surface area contributed by atoms with Crippen LogP contribution in [0.1, 0.15) is 15.9 Å². The molecule has 8 heteroatoms. The van der Waals surface area contributed by atoms with Crippen LogP contribution < -0.4 is 10.1 Å². The Balaban J connectivity index is 1.57. The SMILES string of the molecule is CNC(=O)CN1CCN(C(=O)c2cn(Cc3ccccc3)nc2-c2ccc(OC)cc2)CC1. The molecule has 1 N–H and O–H groups in total. The summed E-state index contributed by atoms with van der Waals surface area (Å²) in [6.45, 7) is 3.40. The van der Waals surface area contributed by atoms with Crippen molar-refractivity contribution in [3.8, 4) is 17.0 Å². The van der Waals surface area contributed by atoms with E-state index in [9.17, 15) is 9.59 Å². The number of aromatic nitrogens is 2. The summed E-state index contributed by atoms with van der Waals surface area (Å²) in [5, 5.41) is 7.42. The largest absolute Gasteiger partial charge is 0.497 e. The molecule has 0 bridgehead atoms. The highest BCUT2D eigenvalue weighted by Crippen LogP contribution is 2.26. The summed E-state index contributed by atoms with van der Waals surface area (Å²) in [4.78, 5) is 29.1. The minimum absolute atomic E-state index is 0.0150. The van der Waals surface area contributed by atoms with E-state index in [4.69, 9.17) is 9.84 Å². The van der Waals surface area contributed by atoms with Gasteiger partial charge < -0.3 is 15.0 Å². The Hall–Kier alpha value is -3.65. The van der Waals surface area contributed by atoms with E-state index in [1.54, 1.807) is 14.2 Å². The summed E-state index contributed by atoms with van der Waals surface area (Å²) < 4.78 is 7.10. The summed E-state index contributed by atoms with van der Waals surface area (Å²) in [6, 6.07) is 17.6. The Labute approximate surface area is 193 Å². The van der Waals surface area contributed by atoms with Crippen molar-refractivity contribution in [1.29, 1.82) is 0 Å². The van der Waals surface area contributed by atoms with Crippen molar-refractivity contribution in [3.63, 3.8) is 0 Å². The molecule has 4 rings (SSSR count). The van der Waals surface area contributed by atoms with Crippen molar-refractivity contribution in [2.75, 3.05) is 46.9 Å². The number of likely N-dealkylation sites (N-methyl/N-ethyl adjacent to an activating group) is 1. The van der Waals surface area contributed by atoms with E-state index in [1.165, 1.54) is 0 Å². The van der Waals surface area contributed by atoms with Crippen LogP contribution in [0.4, 0.5) is 0 Å². The van der Waals surface area contributed by atoms with Gasteiger partial charge in [0, 0.05) is 45.0 Å². The zero-order valence-electron chi connectivity index (χ0n) is 19.0. The van der Waals surface area contributed by atoms with Gasteiger partial charge in [-0.25, -0.2) is 0 Å². The van der Waals surface area contributed by atoms with Gasteiger partial charge in [0.1, 0.15) is 11.4 Å². The van der Waals surface area contributed by atoms with Gasteiger partial charge in [-0.1, -0.05) is 30.3 Å². The molecule has 1 saturated heterocycles. The molecular weight excluding hydrogens is 418 g/mol. The number of amides is 2. The molecule has 0 saturated carbocycles. The number of carbonyl (C=O) groups excluding carboxylic acids is 2. The van der Waals surface area contributed by atoms with Crippen molar-refractivity contribution in [1.82, 2.24) is 24.9 Å². The van der Waals surface area contributed by atoms with Crippen molar-refractivity contribution in [3.05, 3.63) is 71.9 Å². The number of ether oxygens (including phenoxy) is 1. The van der Waals surface area contributed by atoms with E-state index >= 15 is 0 Å². The second-order valence-corrected chi connectivity index (χ2v) is 8.04. The first-order chi connectivity index (χ1) is 16.1. The smallest absolute Gasteiger partial charge is 0.257 e. The summed E-state index contributed by atoms with van der Waals surface area (Å²) in [7, 11) is 3.26. The Morgan fingerprint density at radius 3 is 2.33 bits per heavy atom. The van der Waals surface area contributed by atoms with Gasteiger partial charge in [-0.3, -0.25) is 19.2 Å². The maximum absolute atomic E-state index is 13.5. The second-order valence-electron chi connectivity index (χ2n) is 8.04. The second kappa shape index (κ2) is 10.3. The van der Waals surface area contributed by atoms with E-state index in [0.29, 0.717) is 50.5 Å². The molecule has 0 spiro atoms. The molecule has 0 aliphatic carbocycles. The molecule has 0 unspecified atom stereocenters. The lowest BCUT2D eigenvalue weighted by molar-refractivity contribution is -0.122. The number of methoxy groups -OCH3 is 1.